The van der Waals surface area contributed by atoms with Crippen LogP contribution in [0.4, 0.5) is 8.78 Å². The van der Waals surface area contributed by atoms with Crippen LogP contribution in [0.3, 0.4) is 0 Å². The first-order chi connectivity index (χ1) is 11.1. The number of hydrogen-bond donors (Lipinski definition) is 1. The predicted molar refractivity (Wildman–Crippen MR) is 84.7 cm³/mol. The van der Waals surface area contributed by atoms with Gasteiger partial charge in [0.05, 0.1) is 6.42 Å². The first-order valence-corrected chi connectivity index (χ1v) is 8.14. The lowest BCUT2D eigenvalue weighted by Gasteiger charge is -2.34. The van der Waals surface area contributed by atoms with Gasteiger partial charge in [-0.25, -0.2) is 0 Å². The van der Waals surface area contributed by atoms with Crippen LogP contribution in [0.5, 0.6) is 5.75 Å². The van der Waals surface area contributed by atoms with Crippen molar-refractivity contribution in [1.82, 2.24) is 10.2 Å². The Kier molecular flexibility index (Phi) is 6.77. The van der Waals surface area contributed by atoms with E-state index in [0.717, 1.165) is 44.5 Å². The fraction of sp³-hybridized carbons (Fsp3) is 0.588. The van der Waals surface area contributed by atoms with E-state index in [1.807, 2.05) is 4.90 Å². The highest BCUT2D eigenvalue weighted by Gasteiger charge is 2.24. The number of piperidine rings is 1. The Morgan fingerprint density at radius 1 is 1.30 bits per heavy atom. The van der Waals surface area contributed by atoms with Crippen LogP contribution in [-0.4, -0.2) is 43.1 Å². The van der Waals surface area contributed by atoms with Gasteiger partial charge in [-0.15, -0.1) is 0 Å². The Bertz CT molecular complexity index is 488. The second-order valence-electron chi connectivity index (χ2n) is 5.77. The molecule has 4 nitrogen and oxygen atoms in total. The molecule has 6 heteroatoms. The van der Waals surface area contributed by atoms with E-state index in [4.69, 9.17) is 0 Å². The SMILES string of the molecule is CCCN(C(=O)Cc1ccc(OC(F)F)cc1)C1CCNCC1. The molecule has 0 bridgehead atoms. The summed E-state index contributed by atoms with van der Waals surface area (Å²) in [6.07, 6.45) is 3.18. The van der Waals surface area contributed by atoms with Crippen molar-refractivity contribution in [3.05, 3.63) is 29.8 Å². The quantitative estimate of drug-likeness (QED) is 0.838. The summed E-state index contributed by atoms with van der Waals surface area (Å²) >= 11 is 0. The smallest absolute Gasteiger partial charge is 0.387 e. The summed E-state index contributed by atoms with van der Waals surface area (Å²) in [5.74, 6) is 0.209. The van der Waals surface area contributed by atoms with Crippen molar-refractivity contribution in [3.8, 4) is 5.75 Å². The van der Waals surface area contributed by atoms with Gasteiger partial charge in [-0.05, 0) is 50.0 Å². The fourth-order valence-electron chi connectivity index (χ4n) is 2.94. The highest BCUT2D eigenvalue weighted by Crippen LogP contribution is 2.18. The average Bonchev–Trinajstić information content (AvgIpc) is 2.54. The fourth-order valence-corrected chi connectivity index (χ4v) is 2.94. The van der Waals surface area contributed by atoms with Crippen LogP contribution in [0.25, 0.3) is 0 Å². The van der Waals surface area contributed by atoms with E-state index < -0.39 is 6.61 Å². The van der Waals surface area contributed by atoms with E-state index in [9.17, 15) is 13.6 Å². The van der Waals surface area contributed by atoms with Gasteiger partial charge in [-0.2, -0.15) is 8.78 Å². The number of rotatable bonds is 7. The second-order valence-corrected chi connectivity index (χ2v) is 5.77. The van der Waals surface area contributed by atoms with Gasteiger partial charge in [0.15, 0.2) is 0 Å². The molecule has 1 aromatic rings. The Morgan fingerprint density at radius 2 is 1.96 bits per heavy atom. The van der Waals surface area contributed by atoms with E-state index in [1.54, 1.807) is 12.1 Å². The molecule has 2 rings (SSSR count). The Morgan fingerprint density at radius 3 is 2.52 bits per heavy atom. The molecule has 0 spiro atoms. The minimum atomic E-state index is -2.83. The minimum Gasteiger partial charge on any atom is -0.435 e. The summed E-state index contributed by atoms with van der Waals surface area (Å²) in [5.41, 5.74) is 0.812. The summed E-state index contributed by atoms with van der Waals surface area (Å²) in [5, 5.41) is 3.31. The third-order valence-electron chi connectivity index (χ3n) is 4.04. The Balaban J connectivity index is 1.97. The van der Waals surface area contributed by atoms with Crippen molar-refractivity contribution in [2.75, 3.05) is 19.6 Å². The molecule has 1 saturated heterocycles. The lowest BCUT2D eigenvalue weighted by atomic mass is 10.0. The number of benzene rings is 1. The van der Waals surface area contributed by atoms with Crippen LogP contribution in [-0.2, 0) is 11.2 Å². The zero-order valence-electron chi connectivity index (χ0n) is 13.4. The van der Waals surface area contributed by atoms with Crippen LogP contribution >= 0.6 is 0 Å². The van der Waals surface area contributed by atoms with E-state index in [1.165, 1.54) is 12.1 Å². The standard InChI is InChI=1S/C17H24F2N2O2/c1-2-11-21(14-7-9-20-10-8-14)16(22)12-13-3-5-15(6-4-13)23-17(18)19/h3-6,14,17,20H,2,7-12H2,1H3. The molecule has 0 atom stereocenters. The molecule has 23 heavy (non-hydrogen) atoms. The zero-order valence-corrected chi connectivity index (χ0v) is 13.4. The van der Waals surface area contributed by atoms with Crippen molar-refractivity contribution in [2.45, 2.75) is 45.3 Å². The number of carbonyl (C=O) groups is 1. The summed E-state index contributed by atoms with van der Waals surface area (Å²) in [7, 11) is 0. The van der Waals surface area contributed by atoms with Crippen molar-refractivity contribution < 1.29 is 18.3 Å². The number of alkyl halides is 2. The molecule has 1 amide bonds. The monoisotopic (exact) mass is 326 g/mol. The normalized spacial score (nSPS) is 15.7. The number of nitrogens with one attached hydrogen (secondary N) is 1. The van der Waals surface area contributed by atoms with E-state index in [-0.39, 0.29) is 11.7 Å². The van der Waals surface area contributed by atoms with E-state index in [0.29, 0.717) is 12.5 Å². The van der Waals surface area contributed by atoms with Crippen molar-refractivity contribution in [1.29, 1.82) is 0 Å². The van der Waals surface area contributed by atoms with Gasteiger partial charge >= 0.3 is 6.61 Å². The molecular formula is C17H24F2N2O2. The molecule has 0 aliphatic carbocycles. The van der Waals surface area contributed by atoms with Crippen LogP contribution in [0, 0.1) is 0 Å². The summed E-state index contributed by atoms with van der Waals surface area (Å²) < 4.78 is 28.6. The largest absolute Gasteiger partial charge is 0.435 e. The van der Waals surface area contributed by atoms with E-state index in [2.05, 4.69) is 17.0 Å². The molecular weight excluding hydrogens is 302 g/mol. The summed E-state index contributed by atoms with van der Waals surface area (Å²) in [6, 6.07) is 6.59. The van der Waals surface area contributed by atoms with Gasteiger partial charge in [0, 0.05) is 12.6 Å². The average molecular weight is 326 g/mol. The number of ether oxygens (including phenoxy) is 1. The molecule has 0 aromatic heterocycles. The van der Waals surface area contributed by atoms with Crippen LogP contribution in [0.15, 0.2) is 24.3 Å². The molecule has 1 heterocycles. The van der Waals surface area contributed by atoms with Crippen LogP contribution < -0.4 is 10.1 Å². The minimum absolute atomic E-state index is 0.0984. The molecule has 0 saturated carbocycles. The predicted octanol–water partition coefficient (Wildman–Crippen LogP) is 2.82. The number of halogens is 2. The maximum absolute atomic E-state index is 12.6. The molecule has 1 aliphatic rings. The van der Waals surface area contributed by atoms with Crippen molar-refractivity contribution >= 4 is 5.91 Å². The first kappa shape index (κ1) is 17.7. The Hall–Kier alpha value is -1.69. The van der Waals surface area contributed by atoms with Crippen molar-refractivity contribution in [2.24, 2.45) is 0 Å². The van der Waals surface area contributed by atoms with Crippen LogP contribution in [0.1, 0.15) is 31.7 Å². The maximum Gasteiger partial charge on any atom is 0.387 e. The van der Waals surface area contributed by atoms with Crippen LogP contribution in [0.2, 0.25) is 0 Å². The zero-order chi connectivity index (χ0) is 16.7. The van der Waals surface area contributed by atoms with Gasteiger partial charge in [0.1, 0.15) is 5.75 Å². The summed E-state index contributed by atoms with van der Waals surface area (Å²) in [6.45, 7) is 1.88. The van der Waals surface area contributed by atoms with Gasteiger partial charge < -0.3 is 15.0 Å². The summed E-state index contributed by atoms with van der Waals surface area (Å²) in [4.78, 5) is 14.6. The molecule has 1 N–H and O–H groups in total. The number of nitrogens with zero attached hydrogens (tertiary/aromatic N) is 1. The maximum atomic E-state index is 12.6. The van der Waals surface area contributed by atoms with Gasteiger partial charge in [0.25, 0.3) is 0 Å². The molecule has 128 valence electrons. The molecule has 1 fully saturated rings. The molecule has 0 radical (unpaired) electrons. The van der Waals surface area contributed by atoms with Crippen molar-refractivity contribution in [3.63, 3.8) is 0 Å². The first-order valence-electron chi connectivity index (χ1n) is 8.14. The molecule has 1 aromatic carbocycles. The third kappa shape index (κ3) is 5.46. The lowest BCUT2D eigenvalue weighted by Crippen LogP contribution is -2.47. The number of hydrogen-bond acceptors (Lipinski definition) is 3. The molecule has 0 unspecified atom stereocenters. The lowest BCUT2D eigenvalue weighted by molar-refractivity contribution is -0.133. The van der Waals surface area contributed by atoms with Gasteiger partial charge in [-0.3, -0.25) is 4.79 Å². The highest BCUT2D eigenvalue weighted by molar-refractivity contribution is 5.79. The van der Waals surface area contributed by atoms with E-state index >= 15 is 0 Å². The topological polar surface area (TPSA) is 41.6 Å². The molecule has 1 aliphatic heterocycles. The van der Waals surface area contributed by atoms with Gasteiger partial charge in [-0.1, -0.05) is 19.1 Å². The number of carbonyl (C=O) groups excluding carboxylic acids is 1. The third-order valence-corrected chi connectivity index (χ3v) is 4.04. The number of amides is 1. The Labute approximate surface area is 135 Å². The second kappa shape index (κ2) is 8.82. The van der Waals surface area contributed by atoms with Gasteiger partial charge in [0.2, 0.25) is 5.91 Å². The highest BCUT2D eigenvalue weighted by atomic mass is 19.3.